The van der Waals surface area contributed by atoms with Crippen LogP contribution in [-0.4, -0.2) is 14.5 Å². The molecule has 0 bridgehead atoms. The van der Waals surface area contributed by atoms with Gasteiger partial charge in [0.25, 0.3) is 5.82 Å². The lowest BCUT2D eigenvalue weighted by atomic mass is 10.2. The molecule has 5 rings (SSSR count). The predicted molar refractivity (Wildman–Crippen MR) is 78.6 cm³/mol. The van der Waals surface area contributed by atoms with Crippen LogP contribution < -0.4 is 4.57 Å². The lowest BCUT2D eigenvalue weighted by Gasteiger charge is -1.93. The Kier molecular flexibility index (Phi) is 1.39. The summed E-state index contributed by atoms with van der Waals surface area (Å²) < 4.78 is 27.5. The van der Waals surface area contributed by atoms with Gasteiger partial charge in [0.15, 0.2) is 5.52 Å². The number of thiophene rings is 1. The van der Waals surface area contributed by atoms with Crippen LogP contribution in [-0.2, 0) is 13.5 Å². The van der Waals surface area contributed by atoms with E-state index in [2.05, 4.69) is 14.5 Å². The van der Waals surface area contributed by atoms with Gasteiger partial charge in [-0.15, -0.1) is 0 Å². The molecule has 0 radical (unpaired) electrons. The third kappa shape index (κ3) is 1.10. The van der Waals surface area contributed by atoms with Gasteiger partial charge in [-0.3, -0.25) is 4.98 Å². The second-order valence-electron chi connectivity index (χ2n) is 4.85. The van der Waals surface area contributed by atoms with Gasteiger partial charge >= 0.3 is 0 Å². The highest BCUT2D eigenvalue weighted by molar-refractivity contribution is 7.24. The van der Waals surface area contributed by atoms with Crippen LogP contribution in [0.3, 0.4) is 0 Å². The maximum absolute atomic E-state index is 8.00. The summed E-state index contributed by atoms with van der Waals surface area (Å²) in [6.07, 6.45) is 3.48. The second kappa shape index (κ2) is 3.43. The van der Waals surface area contributed by atoms with E-state index in [1.54, 1.807) is 12.4 Å². The zero-order chi connectivity index (χ0) is 15.8. The fourth-order valence-electron chi connectivity index (χ4n) is 2.98. The highest BCUT2D eigenvalue weighted by Crippen LogP contribution is 2.38. The van der Waals surface area contributed by atoms with Crippen molar-refractivity contribution in [1.82, 2.24) is 14.5 Å². The Morgan fingerprint density at radius 3 is 3.15 bits per heavy atom. The number of aromatic nitrogens is 4. The number of fused-ring (bicyclic) bond motifs is 7. The number of pyridine rings is 2. The molecule has 5 heterocycles. The molecule has 1 aliphatic rings. The molecule has 4 aromatic heterocycles. The minimum Gasteiger partial charge on any atom is -0.256 e. The summed E-state index contributed by atoms with van der Waals surface area (Å²) in [6.45, 7) is -1.66. The average Bonchev–Trinajstić information content (AvgIpc) is 3.12. The van der Waals surface area contributed by atoms with E-state index in [1.165, 1.54) is 15.9 Å². The zero-order valence-electron chi connectivity index (χ0n) is 13.4. The molecule has 0 aliphatic carbocycles. The maximum Gasteiger partial charge on any atom is 0.292 e. The van der Waals surface area contributed by atoms with Crippen molar-refractivity contribution in [2.24, 2.45) is 6.98 Å². The topological polar surface area (TPSA) is 34.6 Å². The van der Waals surface area contributed by atoms with E-state index in [9.17, 15) is 0 Å². The van der Waals surface area contributed by atoms with Crippen molar-refractivity contribution in [3.05, 3.63) is 42.4 Å². The summed E-state index contributed by atoms with van der Waals surface area (Å²) in [5.41, 5.74) is 2.73. The van der Waals surface area contributed by atoms with Crippen LogP contribution in [0.4, 0.5) is 0 Å². The Morgan fingerprint density at radius 1 is 1.30 bits per heavy atom. The molecular formula is C15H11N4S+. The molecule has 4 aromatic rings. The van der Waals surface area contributed by atoms with E-state index in [-0.39, 0.29) is 0 Å². The van der Waals surface area contributed by atoms with Crippen molar-refractivity contribution in [1.29, 1.82) is 0 Å². The molecule has 0 spiro atoms. The van der Waals surface area contributed by atoms with E-state index in [0.717, 1.165) is 31.8 Å². The van der Waals surface area contributed by atoms with Crippen molar-refractivity contribution in [2.45, 2.75) is 6.54 Å². The number of nitrogens with zero attached hydrogens (tertiary/aromatic N) is 4. The molecular weight excluding hydrogens is 268 g/mol. The summed E-state index contributed by atoms with van der Waals surface area (Å²) in [7, 11) is 0. The van der Waals surface area contributed by atoms with E-state index in [4.69, 9.17) is 4.11 Å². The Hall–Kier alpha value is -2.27. The van der Waals surface area contributed by atoms with Crippen LogP contribution in [0.5, 0.6) is 0 Å². The standard InChI is InChI=1S/C15H11N4S/c1-18-14-9-4-2-6-16-11(9)8-19(14)12-10-5-3-7-17-13(10)20-15(12)18/h2-7H,8H2,1H3/q+1/i1D3. The zero-order valence-corrected chi connectivity index (χ0v) is 11.2. The minimum atomic E-state index is -2.25. The summed E-state index contributed by atoms with van der Waals surface area (Å²) in [5, 5.41) is 0.990. The van der Waals surface area contributed by atoms with E-state index < -0.39 is 6.98 Å². The molecule has 0 fully saturated rings. The van der Waals surface area contributed by atoms with Gasteiger partial charge in [0.2, 0.25) is 4.83 Å². The van der Waals surface area contributed by atoms with E-state index in [0.29, 0.717) is 12.4 Å². The van der Waals surface area contributed by atoms with Crippen molar-refractivity contribution in [3.8, 4) is 11.4 Å². The fourth-order valence-corrected chi connectivity index (χ4v) is 4.05. The number of rotatable bonds is 0. The third-order valence-electron chi connectivity index (χ3n) is 3.80. The highest BCUT2D eigenvalue weighted by Gasteiger charge is 2.35. The molecule has 0 unspecified atom stereocenters. The minimum absolute atomic E-state index is 0.589. The molecule has 0 saturated carbocycles. The van der Waals surface area contributed by atoms with Crippen molar-refractivity contribution >= 4 is 31.9 Å². The van der Waals surface area contributed by atoms with Crippen molar-refractivity contribution < 1.29 is 8.68 Å². The smallest absolute Gasteiger partial charge is 0.256 e. The van der Waals surface area contributed by atoms with Crippen LogP contribution in [0.1, 0.15) is 9.81 Å². The monoisotopic (exact) mass is 282 g/mol. The average molecular weight is 282 g/mol. The van der Waals surface area contributed by atoms with Gasteiger partial charge in [0, 0.05) is 12.4 Å². The van der Waals surface area contributed by atoms with Crippen LogP contribution in [0, 0.1) is 0 Å². The molecule has 0 aromatic carbocycles. The fraction of sp³-hybridized carbons (Fsp3) is 0.133. The van der Waals surface area contributed by atoms with Gasteiger partial charge in [-0.25, -0.2) is 14.1 Å². The third-order valence-corrected chi connectivity index (χ3v) is 4.89. The summed E-state index contributed by atoms with van der Waals surface area (Å²) in [6, 6.07) is 7.66. The first kappa shape index (κ1) is 8.11. The van der Waals surface area contributed by atoms with Crippen LogP contribution in [0.2, 0.25) is 0 Å². The van der Waals surface area contributed by atoms with Crippen LogP contribution in [0.15, 0.2) is 36.7 Å². The Labute approximate surface area is 123 Å². The molecule has 0 saturated heterocycles. The largest absolute Gasteiger partial charge is 0.292 e. The van der Waals surface area contributed by atoms with E-state index in [1.807, 2.05) is 24.3 Å². The summed E-state index contributed by atoms with van der Waals surface area (Å²) in [5.74, 6) is 0.708. The van der Waals surface area contributed by atoms with Gasteiger partial charge < -0.3 is 0 Å². The van der Waals surface area contributed by atoms with Gasteiger partial charge in [0.1, 0.15) is 11.4 Å². The first-order valence-corrected chi connectivity index (χ1v) is 7.14. The summed E-state index contributed by atoms with van der Waals surface area (Å²) in [4.78, 5) is 10.4. The number of hydrogen-bond donors (Lipinski definition) is 0. The summed E-state index contributed by atoms with van der Waals surface area (Å²) >= 11 is 1.42. The molecule has 20 heavy (non-hydrogen) atoms. The quantitative estimate of drug-likeness (QED) is 0.409. The molecule has 96 valence electrons. The predicted octanol–water partition coefficient (Wildman–Crippen LogP) is 2.50. The molecule has 0 N–H and O–H groups in total. The van der Waals surface area contributed by atoms with Crippen molar-refractivity contribution in [3.63, 3.8) is 0 Å². The first-order chi connectivity index (χ1) is 11.1. The van der Waals surface area contributed by atoms with Crippen LogP contribution >= 0.6 is 11.3 Å². The van der Waals surface area contributed by atoms with Gasteiger partial charge in [0.05, 0.1) is 27.7 Å². The Morgan fingerprint density at radius 2 is 2.20 bits per heavy atom. The normalized spacial score (nSPS) is 15.9. The number of imidazole rings is 1. The number of aryl methyl sites for hydroxylation is 1. The molecule has 5 heteroatoms. The van der Waals surface area contributed by atoms with E-state index >= 15 is 0 Å². The second-order valence-corrected chi connectivity index (χ2v) is 5.83. The maximum atomic E-state index is 8.00. The molecule has 4 nitrogen and oxygen atoms in total. The molecule has 0 amide bonds. The number of hydrogen-bond acceptors (Lipinski definition) is 3. The Bertz CT molecular complexity index is 1090. The van der Waals surface area contributed by atoms with Gasteiger partial charge in [-0.05, 0) is 24.3 Å². The first-order valence-electron chi connectivity index (χ1n) is 7.82. The lowest BCUT2D eigenvalue weighted by Crippen LogP contribution is -2.28. The van der Waals surface area contributed by atoms with Crippen LogP contribution in [0.25, 0.3) is 32.0 Å². The van der Waals surface area contributed by atoms with Gasteiger partial charge in [-0.2, -0.15) is 0 Å². The van der Waals surface area contributed by atoms with Crippen molar-refractivity contribution in [2.75, 3.05) is 0 Å². The lowest BCUT2D eigenvalue weighted by molar-refractivity contribution is -0.631. The SMILES string of the molecule is [2H]C([2H])([2H])[n+]1c2n(c3c4cccnc4sc31)Cc1ncccc1-2. The molecule has 1 aliphatic heterocycles. The highest BCUT2D eigenvalue weighted by atomic mass is 32.1. The Balaban J connectivity index is 2.01. The molecule has 0 atom stereocenters. The van der Waals surface area contributed by atoms with Gasteiger partial charge in [-0.1, -0.05) is 11.3 Å².